The Labute approximate surface area is 116 Å². The molecule has 1 aromatic rings. The molecule has 2 aliphatic rings. The molecule has 0 bridgehead atoms. The Balaban J connectivity index is 1.33. The largest absolute Gasteiger partial charge is 0.337 e. The number of nitrogens with one attached hydrogen (secondary N) is 1. The van der Waals surface area contributed by atoms with Crippen molar-refractivity contribution in [2.24, 2.45) is 5.92 Å². The summed E-state index contributed by atoms with van der Waals surface area (Å²) in [6, 6.07) is 0.827. The molecule has 4 nitrogen and oxygen atoms in total. The second-order valence-corrected chi connectivity index (χ2v) is 6.04. The molecule has 3 heterocycles. The number of likely N-dealkylation sites (tertiary alicyclic amines) is 1. The molecule has 1 atom stereocenters. The maximum atomic E-state index is 4.08. The Hall–Kier alpha value is -0.870. The van der Waals surface area contributed by atoms with Gasteiger partial charge in [0.05, 0.1) is 6.33 Å². The van der Waals surface area contributed by atoms with E-state index in [1.807, 2.05) is 12.5 Å². The quantitative estimate of drug-likeness (QED) is 0.877. The average Bonchev–Trinajstić information content (AvgIpc) is 3.13. The highest BCUT2D eigenvalue weighted by atomic mass is 15.1. The summed E-state index contributed by atoms with van der Waals surface area (Å²) < 4.78 is 2.18. The summed E-state index contributed by atoms with van der Waals surface area (Å²) in [6.45, 7) is 6.18. The highest BCUT2D eigenvalue weighted by molar-refractivity contribution is 4.85. The van der Waals surface area contributed by atoms with Crippen LogP contribution in [0.2, 0.25) is 0 Å². The van der Waals surface area contributed by atoms with Gasteiger partial charge in [-0.05, 0) is 64.2 Å². The fraction of sp³-hybridized carbons (Fsp3) is 0.800. The standard InChI is InChI=1S/C15H26N4/c1-3-15(17-6-1)14-4-10-18(11-5-14)8-2-9-19-12-7-16-13-19/h7,12-15,17H,1-6,8-11H2. The maximum Gasteiger partial charge on any atom is 0.0945 e. The fourth-order valence-electron chi connectivity index (χ4n) is 3.59. The van der Waals surface area contributed by atoms with Crippen molar-refractivity contribution >= 4 is 0 Å². The molecule has 0 aromatic carbocycles. The van der Waals surface area contributed by atoms with E-state index < -0.39 is 0 Å². The fourth-order valence-corrected chi connectivity index (χ4v) is 3.59. The van der Waals surface area contributed by atoms with E-state index >= 15 is 0 Å². The summed E-state index contributed by atoms with van der Waals surface area (Å²) >= 11 is 0. The van der Waals surface area contributed by atoms with Crippen molar-refractivity contribution in [3.63, 3.8) is 0 Å². The molecule has 1 N–H and O–H groups in total. The molecule has 1 unspecified atom stereocenters. The van der Waals surface area contributed by atoms with Crippen LogP contribution in [0.5, 0.6) is 0 Å². The molecule has 2 saturated heterocycles. The van der Waals surface area contributed by atoms with Gasteiger partial charge >= 0.3 is 0 Å². The van der Waals surface area contributed by atoms with Crippen LogP contribution in [0.1, 0.15) is 32.1 Å². The lowest BCUT2D eigenvalue weighted by Crippen LogP contribution is -2.41. The monoisotopic (exact) mass is 262 g/mol. The third-order valence-electron chi connectivity index (χ3n) is 4.75. The number of imidazole rings is 1. The number of hydrogen-bond acceptors (Lipinski definition) is 3. The molecule has 0 amide bonds. The second kappa shape index (κ2) is 6.53. The minimum atomic E-state index is 0.827. The Morgan fingerprint density at radius 1 is 1.16 bits per heavy atom. The highest BCUT2D eigenvalue weighted by Crippen LogP contribution is 2.25. The van der Waals surface area contributed by atoms with Crippen LogP contribution in [0.3, 0.4) is 0 Å². The molecule has 0 spiro atoms. The highest BCUT2D eigenvalue weighted by Gasteiger charge is 2.27. The summed E-state index contributed by atoms with van der Waals surface area (Å²) in [5.41, 5.74) is 0. The smallest absolute Gasteiger partial charge is 0.0945 e. The first-order chi connectivity index (χ1) is 9.42. The van der Waals surface area contributed by atoms with Crippen molar-refractivity contribution in [2.75, 3.05) is 26.2 Å². The van der Waals surface area contributed by atoms with E-state index in [9.17, 15) is 0 Å². The zero-order chi connectivity index (χ0) is 12.9. The van der Waals surface area contributed by atoms with Gasteiger partial charge in [0.1, 0.15) is 0 Å². The Bertz CT molecular complexity index is 348. The molecule has 2 aliphatic heterocycles. The van der Waals surface area contributed by atoms with E-state index in [2.05, 4.69) is 26.0 Å². The molecule has 0 saturated carbocycles. The minimum absolute atomic E-state index is 0.827. The predicted octanol–water partition coefficient (Wildman–Crippen LogP) is 1.74. The van der Waals surface area contributed by atoms with Gasteiger partial charge in [0, 0.05) is 25.0 Å². The first kappa shape index (κ1) is 13.1. The maximum absolute atomic E-state index is 4.08. The first-order valence-electron chi connectivity index (χ1n) is 7.83. The molecular formula is C15H26N4. The number of aryl methyl sites for hydroxylation is 1. The van der Waals surface area contributed by atoms with Gasteiger partial charge in [-0.15, -0.1) is 0 Å². The van der Waals surface area contributed by atoms with E-state index in [1.165, 1.54) is 58.3 Å². The van der Waals surface area contributed by atoms with Crippen LogP contribution < -0.4 is 5.32 Å². The van der Waals surface area contributed by atoms with Crippen LogP contribution in [-0.2, 0) is 6.54 Å². The van der Waals surface area contributed by atoms with Gasteiger partial charge in [-0.2, -0.15) is 0 Å². The number of piperidine rings is 1. The SMILES string of the molecule is c1cn(CCCN2CCC(C3CCCN3)CC2)cn1. The van der Waals surface area contributed by atoms with E-state index in [0.717, 1.165) is 18.5 Å². The van der Waals surface area contributed by atoms with Crippen molar-refractivity contribution < 1.29 is 0 Å². The number of aromatic nitrogens is 2. The lowest BCUT2D eigenvalue weighted by Gasteiger charge is -2.34. The van der Waals surface area contributed by atoms with Crippen LogP contribution in [0, 0.1) is 5.92 Å². The summed E-state index contributed by atoms with van der Waals surface area (Å²) in [4.78, 5) is 6.73. The van der Waals surface area contributed by atoms with Gasteiger partial charge < -0.3 is 14.8 Å². The molecule has 19 heavy (non-hydrogen) atoms. The second-order valence-electron chi connectivity index (χ2n) is 6.04. The molecule has 2 fully saturated rings. The zero-order valence-corrected chi connectivity index (χ0v) is 11.8. The van der Waals surface area contributed by atoms with Crippen LogP contribution in [0.15, 0.2) is 18.7 Å². The Morgan fingerprint density at radius 3 is 2.74 bits per heavy atom. The van der Waals surface area contributed by atoms with Crippen molar-refractivity contribution in [2.45, 2.75) is 44.7 Å². The van der Waals surface area contributed by atoms with Crippen LogP contribution in [0.4, 0.5) is 0 Å². The topological polar surface area (TPSA) is 33.1 Å². The van der Waals surface area contributed by atoms with Gasteiger partial charge in [0.2, 0.25) is 0 Å². The molecule has 106 valence electrons. The summed E-state index contributed by atoms with van der Waals surface area (Å²) in [5, 5.41) is 3.67. The van der Waals surface area contributed by atoms with Crippen LogP contribution in [0.25, 0.3) is 0 Å². The summed E-state index contributed by atoms with van der Waals surface area (Å²) in [6.07, 6.45) is 12.6. The summed E-state index contributed by atoms with van der Waals surface area (Å²) in [5.74, 6) is 0.937. The van der Waals surface area contributed by atoms with Gasteiger partial charge in [-0.25, -0.2) is 4.98 Å². The zero-order valence-electron chi connectivity index (χ0n) is 11.8. The van der Waals surface area contributed by atoms with E-state index in [1.54, 1.807) is 0 Å². The van der Waals surface area contributed by atoms with Crippen LogP contribution in [-0.4, -0.2) is 46.7 Å². The van der Waals surface area contributed by atoms with Crippen molar-refractivity contribution in [3.8, 4) is 0 Å². The Kier molecular flexibility index (Phi) is 4.51. The van der Waals surface area contributed by atoms with E-state index in [-0.39, 0.29) is 0 Å². The third-order valence-corrected chi connectivity index (χ3v) is 4.75. The molecular weight excluding hydrogens is 236 g/mol. The molecule has 3 rings (SSSR count). The van der Waals surface area contributed by atoms with Crippen molar-refractivity contribution in [1.29, 1.82) is 0 Å². The van der Waals surface area contributed by atoms with Gasteiger partial charge in [0.15, 0.2) is 0 Å². The lowest BCUT2D eigenvalue weighted by molar-refractivity contribution is 0.160. The number of nitrogens with zero attached hydrogens (tertiary/aromatic N) is 3. The third kappa shape index (κ3) is 3.57. The van der Waals surface area contributed by atoms with Gasteiger partial charge in [-0.1, -0.05) is 0 Å². The van der Waals surface area contributed by atoms with Crippen LogP contribution >= 0.6 is 0 Å². The number of rotatable bonds is 5. The summed E-state index contributed by atoms with van der Waals surface area (Å²) in [7, 11) is 0. The van der Waals surface area contributed by atoms with Gasteiger partial charge in [-0.3, -0.25) is 0 Å². The molecule has 1 aromatic heterocycles. The van der Waals surface area contributed by atoms with Crippen molar-refractivity contribution in [1.82, 2.24) is 19.8 Å². The normalized spacial score (nSPS) is 26.0. The number of hydrogen-bond donors (Lipinski definition) is 1. The van der Waals surface area contributed by atoms with E-state index in [0.29, 0.717) is 0 Å². The molecule has 0 aliphatic carbocycles. The average molecular weight is 262 g/mol. The predicted molar refractivity (Wildman–Crippen MR) is 77.0 cm³/mol. The Morgan fingerprint density at radius 2 is 2.05 bits per heavy atom. The molecule has 4 heteroatoms. The van der Waals surface area contributed by atoms with Gasteiger partial charge in [0.25, 0.3) is 0 Å². The van der Waals surface area contributed by atoms with Crippen molar-refractivity contribution in [3.05, 3.63) is 18.7 Å². The molecule has 0 radical (unpaired) electrons. The minimum Gasteiger partial charge on any atom is -0.337 e. The lowest BCUT2D eigenvalue weighted by atomic mass is 9.88. The van der Waals surface area contributed by atoms with E-state index in [4.69, 9.17) is 0 Å². The first-order valence-corrected chi connectivity index (χ1v) is 7.83.